The zero-order valence-corrected chi connectivity index (χ0v) is 19.1. The Morgan fingerprint density at radius 1 is 0.571 bits per heavy atom. The van der Waals surface area contributed by atoms with Crippen LogP contribution in [0.15, 0.2) is 0 Å². The number of esters is 2. The van der Waals surface area contributed by atoms with E-state index in [0.29, 0.717) is 6.42 Å². The molecule has 0 radical (unpaired) electrons. The molecule has 4 heteroatoms. The van der Waals surface area contributed by atoms with E-state index < -0.39 is 5.97 Å². The van der Waals surface area contributed by atoms with Gasteiger partial charge in [-0.1, -0.05) is 111 Å². The third-order valence-electron chi connectivity index (χ3n) is 5.46. The summed E-state index contributed by atoms with van der Waals surface area (Å²) in [5, 5.41) is 0. The molecular formula is C24H47NO3. The molecule has 0 rings (SSSR count). The van der Waals surface area contributed by atoms with Gasteiger partial charge in [0.1, 0.15) is 0 Å². The lowest BCUT2D eigenvalue weighted by atomic mass is 10.0. The molecule has 0 bridgehead atoms. The molecular weight excluding hydrogens is 350 g/mol. The number of carbonyl (C=O) groups excluding carboxylic acids is 2. The SMILES string of the molecule is CCCCCCCCCCCCCCCCCC(=O)OC(=O)CN(CC)CC. The summed E-state index contributed by atoms with van der Waals surface area (Å²) >= 11 is 0. The second-order valence-electron chi connectivity index (χ2n) is 8.01. The third-order valence-corrected chi connectivity index (χ3v) is 5.46. The van der Waals surface area contributed by atoms with Crippen molar-refractivity contribution >= 4 is 11.9 Å². The van der Waals surface area contributed by atoms with Gasteiger partial charge in [0.25, 0.3) is 0 Å². The predicted molar refractivity (Wildman–Crippen MR) is 118 cm³/mol. The number of carbonyl (C=O) groups is 2. The maximum atomic E-state index is 11.7. The molecule has 0 N–H and O–H groups in total. The van der Waals surface area contributed by atoms with E-state index in [-0.39, 0.29) is 12.5 Å². The van der Waals surface area contributed by atoms with Crippen molar-refractivity contribution in [3.05, 3.63) is 0 Å². The van der Waals surface area contributed by atoms with Crippen molar-refractivity contribution in [1.29, 1.82) is 0 Å². The quantitative estimate of drug-likeness (QED) is 0.131. The largest absolute Gasteiger partial charge is 0.392 e. The van der Waals surface area contributed by atoms with Crippen molar-refractivity contribution in [2.75, 3.05) is 19.6 Å². The number of hydrogen-bond acceptors (Lipinski definition) is 4. The van der Waals surface area contributed by atoms with Crippen LogP contribution in [0.5, 0.6) is 0 Å². The first-order valence-electron chi connectivity index (χ1n) is 12.1. The molecule has 0 aliphatic heterocycles. The van der Waals surface area contributed by atoms with Gasteiger partial charge in [-0.25, -0.2) is 0 Å². The van der Waals surface area contributed by atoms with Crippen LogP contribution >= 0.6 is 0 Å². The van der Waals surface area contributed by atoms with Gasteiger partial charge in [0.05, 0.1) is 6.54 Å². The van der Waals surface area contributed by atoms with Crippen molar-refractivity contribution in [3.8, 4) is 0 Å². The Morgan fingerprint density at radius 2 is 0.964 bits per heavy atom. The van der Waals surface area contributed by atoms with E-state index in [4.69, 9.17) is 4.74 Å². The molecule has 0 spiro atoms. The fourth-order valence-corrected chi connectivity index (χ4v) is 3.48. The van der Waals surface area contributed by atoms with Crippen LogP contribution in [0.25, 0.3) is 0 Å². The summed E-state index contributed by atoms with van der Waals surface area (Å²) in [4.78, 5) is 25.3. The number of ether oxygens (including phenoxy) is 1. The van der Waals surface area contributed by atoms with E-state index in [9.17, 15) is 9.59 Å². The fourth-order valence-electron chi connectivity index (χ4n) is 3.48. The normalized spacial score (nSPS) is 11.1. The summed E-state index contributed by atoms with van der Waals surface area (Å²) < 4.78 is 4.88. The van der Waals surface area contributed by atoms with Crippen molar-refractivity contribution in [2.45, 2.75) is 124 Å². The standard InChI is InChI=1S/C24H47NO3/c1-4-7-8-9-10-11-12-13-14-15-16-17-18-19-20-21-23(26)28-24(27)22-25(5-2)6-3/h4-22H2,1-3H3. The summed E-state index contributed by atoms with van der Waals surface area (Å²) in [7, 11) is 0. The van der Waals surface area contributed by atoms with Crippen LogP contribution < -0.4 is 0 Å². The van der Waals surface area contributed by atoms with Gasteiger partial charge >= 0.3 is 11.9 Å². The molecule has 0 saturated heterocycles. The summed E-state index contributed by atoms with van der Waals surface area (Å²) in [6.07, 6.45) is 19.9. The van der Waals surface area contributed by atoms with Crippen molar-refractivity contribution < 1.29 is 14.3 Å². The number of hydrogen-bond donors (Lipinski definition) is 0. The van der Waals surface area contributed by atoms with Crippen LogP contribution in [-0.2, 0) is 14.3 Å². The Morgan fingerprint density at radius 3 is 1.36 bits per heavy atom. The number of nitrogens with zero attached hydrogens (tertiary/aromatic N) is 1. The highest BCUT2D eigenvalue weighted by atomic mass is 16.6. The van der Waals surface area contributed by atoms with Crippen molar-refractivity contribution in [2.24, 2.45) is 0 Å². The van der Waals surface area contributed by atoms with E-state index in [1.165, 1.54) is 83.5 Å². The highest BCUT2D eigenvalue weighted by molar-refractivity contribution is 5.86. The Bertz CT molecular complexity index is 367. The van der Waals surface area contributed by atoms with Crippen LogP contribution in [-0.4, -0.2) is 36.5 Å². The fraction of sp³-hybridized carbons (Fsp3) is 0.917. The second-order valence-corrected chi connectivity index (χ2v) is 8.01. The van der Waals surface area contributed by atoms with Crippen LogP contribution in [0, 0.1) is 0 Å². The molecule has 0 aliphatic carbocycles. The maximum Gasteiger partial charge on any atom is 0.327 e. The zero-order chi connectivity index (χ0) is 20.9. The van der Waals surface area contributed by atoms with Gasteiger partial charge < -0.3 is 4.74 Å². The molecule has 0 saturated carbocycles. The number of unbranched alkanes of at least 4 members (excludes halogenated alkanes) is 14. The van der Waals surface area contributed by atoms with Crippen molar-refractivity contribution in [3.63, 3.8) is 0 Å². The zero-order valence-electron chi connectivity index (χ0n) is 19.1. The van der Waals surface area contributed by atoms with Gasteiger partial charge in [-0.15, -0.1) is 0 Å². The Hall–Kier alpha value is -0.900. The minimum atomic E-state index is -0.422. The lowest BCUT2D eigenvalue weighted by Gasteiger charge is -2.15. The highest BCUT2D eigenvalue weighted by Gasteiger charge is 2.13. The third kappa shape index (κ3) is 18.5. The molecule has 0 unspecified atom stereocenters. The maximum absolute atomic E-state index is 11.7. The predicted octanol–water partition coefficient (Wildman–Crippen LogP) is 6.66. The molecule has 0 aromatic carbocycles. The summed E-state index contributed by atoms with van der Waals surface area (Å²) in [6.45, 7) is 8.04. The Kier molecular flexibility index (Phi) is 20.2. The Labute approximate surface area is 174 Å². The van der Waals surface area contributed by atoms with Crippen LogP contribution in [0.4, 0.5) is 0 Å². The monoisotopic (exact) mass is 397 g/mol. The highest BCUT2D eigenvalue weighted by Crippen LogP contribution is 2.13. The molecule has 0 aromatic heterocycles. The average molecular weight is 398 g/mol. The van der Waals surface area contributed by atoms with Gasteiger partial charge in [-0.3, -0.25) is 14.5 Å². The minimum Gasteiger partial charge on any atom is -0.392 e. The first-order chi connectivity index (χ1) is 13.6. The van der Waals surface area contributed by atoms with E-state index in [1.807, 2.05) is 18.7 Å². The first-order valence-corrected chi connectivity index (χ1v) is 12.1. The molecule has 0 heterocycles. The molecule has 166 valence electrons. The molecule has 0 aliphatic rings. The van der Waals surface area contributed by atoms with Crippen molar-refractivity contribution in [1.82, 2.24) is 4.90 Å². The summed E-state index contributed by atoms with van der Waals surface area (Å²) in [5.74, 6) is -0.790. The van der Waals surface area contributed by atoms with Crippen LogP contribution in [0.2, 0.25) is 0 Å². The van der Waals surface area contributed by atoms with E-state index in [0.717, 1.165) is 25.9 Å². The topological polar surface area (TPSA) is 46.6 Å². The van der Waals surface area contributed by atoms with Crippen LogP contribution in [0.3, 0.4) is 0 Å². The lowest BCUT2D eigenvalue weighted by molar-refractivity contribution is -0.160. The first kappa shape index (κ1) is 27.1. The molecule has 0 atom stereocenters. The molecule has 0 amide bonds. The summed E-state index contributed by atoms with van der Waals surface area (Å²) in [6, 6.07) is 0. The van der Waals surface area contributed by atoms with E-state index in [2.05, 4.69) is 6.92 Å². The number of rotatable bonds is 20. The average Bonchev–Trinajstić information content (AvgIpc) is 2.69. The number of likely N-dealkylation sites (N-methyl/N-ethyl adjacent to an activating group) is 1. The van der Waals surface area contributed by atoms with E-state index >= 15 is 0 Å². The summed E-state index contributed by atoms with van der Waals surface area (Å²) in [5.41, 5.74) is 0. The molecule has 0 fully saturated rings. The van der Waals surface area contributed by atoms with Gasteiger partial charge in [-0.2, -0.15) is 0 Å². The molecule has 4 nitrogen and oxygen atoms in total. The minimum absolute atomic E-state index is 0.206. The lowest BCUT2D eigenvalue weighted by Crippen LogP contribution is -2.31. The van der Waals surface area contributed by atoms with Gasteiger partial charge in [0, 0.05) is 6.42 Å². The van der Waals surface area contributed by atoms with E-state index in [1.54, 1.807) is 0 Å². The van der Waals surface area contributed by atoms with Gasteiger partial charge in [-0.05, 0) is 19.5 Å². The van der Waals surface area contributed by atoms with Crippen LogP contribution in [0.1, 0.15) is 124 Å². The molecule has 28 heavy (non-hydrogen) atoms. The molecule has 0 aromatic rings. The Balaban J connectivity index is 3.32. The van der Waals surface area contributed by atoms with Gasteiger partial charge in [0.2, 0.25) is 0 Å². The van der Waals surface area contributed by atoms with Gasteiger partial charge in [0.15, 0.2) is 0 Å². The smallest absolute Gasteiger partial charge is 0.327 e. The second kappa shape index (κ2) is 20.8.